The van der Waals surface area contributed by atoms with E-state index in [-0.39, 0.29) is 0 Å². The molecule has 20 heavy (non-hydrogen) atoms. The Kier molecular flexibility index (Phi) is 4.36. The van der Waals surface area contributed by atoms with Crippen LogP contribution in [-0.2, 0) is 11.3 Å². The average molecular weight is 278 g/mol. The third-order valence-electron chi connectivity index (χ3n) is 4.97. The minimum absolute atomic E-state index is 0.486. The van der Waals surface area contributed by atoms with Gasteiger partial charge in [-0.15, -0.1) is 5.10 Å². The molecular formula is C15H26N4O. The Balaban J connectivity index is 1.87. The number of hydrogen-bond donors (Lipinski definition) is 1. The molecule has 1 saturated carbocycles. The van der Waals surface area contributed by atoms with E-state index >= 15 is 0 Å². The second kappa shape index (κ2) is 6.22. The molecule has 0 aromatic carbocycles. The van der Waals surface area contributed by atoms with Gasteiger partial charge in [-0.3, -0.25) is 0 Å². The molecule has 1 aliphatic carbocycles. The van der Waals surface area contributed by atoms with Gasteiger partial charge in [-0.05, 0) is 45.6 Å². The molecule has 2 fully saturated rings. The molecule has 5 nitrogen and oxygen atoms in total. The first kappa shape index (κ1) is 14.0. The minimum atomic E-state index is 0.486. The summed E-state index contributed by atoms with van der Waals surface area (Å²) in [6.45, 7) is 4.86. The van der Waals surface area contributed by atoms with Gasteiger partial charge in [0, 0.05) is 25.7 Å². The molecule has 112 valence electrons. The average Bonchev–Trinajstić information content (AvgIpc) is 2.82. The van der Waals surface area contributed by atoms with Gasteiger partial charge in [0.2, 0.25) is 0 Å². The smallest absolute Gasteiger partial charge is 0.0999 e. The molecule has 5 heteroatoms. The summed E-state index contributed by atoms with van der Waals surface area (Å²) in [5.41, 5.74) is 2.49. The van der Waals surface area contributed by atoms with Crippen molar-refractivity contribution in [3.8, 4) is 0 Å². The van der Waals surface area contributed by atoms with Crippen molar-refractivity contribution in [2.75, 3.05) is 20.3 Å². The molecule has 0 spiro atoms. The molecule has 2 heterocycles. The monoisotopic (exact) mass is 278 g/mol. The molecule has 0 amide bonds. The molecule has 2 aliphatic rings. The van der Waals surface area contributed by atoms with Crippen molar-refractivity contribution in [3.05, 3.63) is 11.4 Å². The van der Waals surface area contributed by atoms with Crippen LogP contribution in [0.15, 0.2) is 0 Å². The lowest BCUT2D eigenvalue weighted by atomic mass is 9.80. The van der Waals surface area contributed by atoms with E-state index < -0.39 is 0 Å². The van der Waals surface area contributed by atoms with E-state index in [1.807, 2.05) is 7.05 Å². The summed E-state index contributed by atoms with van der Waals surface area (Å²) in [7, 11) is 1.97. The molecule has 1 aromatic heterocycles. The number of ether oxygens (including phenoxy) is 1. The molecular weight excluding hydrogens is 252 g/mol. The maximum Gasteiger partial charge on any atom is 0.0999 e. The van der Waals surface area contributed by atoms with Crippen LogP contribution in [0.1, 0.15) is 62.4 Å². The number of hydrogen-bond acceptors (Lipinski definition) is 4. The van der Waals surface area contributed by atoms with Gasteiger partial charge in [0.05, 0.1) is 17.4 Å². The molecule has 3 rings (SSSR count). The van der Waals surface area contributed by atoms with Crippen LogP contribution in [0.5, 0.6) is 0 Å². The van der Waals surface area contributed by atoms with Crippen molar-refractivity contribution in [1.82, 2.24) is 20.3 Å². The first-order valence-electron chi connectivity index (χ1n) is 7.97. The van der Waals surface area contributed by atoms with Crippen molar-refractivity contribution >= 4 is 0 Å². The Bertz CT molecular complexity index is 435. The number of nitrogens with one attached hydrogen (secondary N) is 1. The molecule has 1 unspecified atom stereocenters. The quantitative estimate of drug-likeness (QED) is 0.897. The van der Waals surface area contributed by atoms with Crippen LogP contribution in [-0.4, -0.2) is 35.3 Å². The summed E-state index contributed by atoms with van der Waals surface area (Å²) in [6.07, 6.45) is 6.26. The summed E-state index contributed by atoms with van der Waals surface area (Å²) in [4.78, 5) is 0. The van der Waals surface area contributed by atoms with Crippen LogP contribution in [0, 0.1) is 5.92 Å². The second-order valence-corrected chi connectivity index (χ2v) is 6.21. The van der Waals surface area contributed by atoms with Gasteiger partial charge < -0.3 is 10.1 Å². The Labute approximate surface area is 121 Å². The first-order valence-corrected chi connectivity index (χ1v) is 7.97. The zero-order chi connectivity index (χ0) is 13.9. The van der Waals surface area contributed by atoms with Crippen LogP contribution in [0.3, 0.4) is 0 Å². The van der Waals surface area contributed by atoms with Crippen molar-refractivity contribution in [2.24, 2.45) is 5.92 Å². The fourth-order valence-corrected chi connectivity index (χ4v) is 3.44. The number of rotatable bonds is 5. The third-order valence-corrected chi connectivity index (χ3v) is 4.97. The summed E-state index contributed by atoms with van der Waals surface area (Å²) >= 11 is 0. The van der Waals surface area contributed by atoms with Crippen LogP contribution in [0.2, 0.25) is 0 Å². The largest absolute Gasteiger partial charge is 0.381 e. The topological polar surface area (TPSA) is 52.0 Å². The highest BCUT2D eigenvalue weighted by molar-refractivity contribution is 5.17. The van der Waals surface area contributed by atoms with Crippen LogP contribution in [0.4, 0.5) is 0 Å². The molecule has 0 bridgehead atoms. The standard InChI is InChI=1S/C15H26N4O/c1-11(12-4-3-5-12)19-15(13-6-8-20-9-7-13)14(10-16-2)17-18-19/h11-13,16H,3-10H2,1-2H3. The Morgan fingerprint density at radius 1 is 1.30 bits per heavy atom. The van der Waals surface area contributed by atoms with Gasteiger partial charge in [0.15, 0.2) is 0 Å². The van der Waals surface area contributed by atoms with Gasteiger partial charge in [0.25, 0.3) is 0 Å². The molecule has 1 saturated heterocycles. The van der Waals surface area contributed by atoms with Gasteiger partial charge >= 0.3 is 0 Å². The minimum Gasteiger partial charge on any atom is -0.381 e. The maximum atomic E-state index is 5.51. The van der Waals surface area contributed by atoms with Gasteiger partial charge in [-0.25, -0.2) is 4.68 Å². The van der Waals surface area contributed by atoms with Crippen molar-refractivity contribution in [2.45, 2.75) is 57.5 Å². The molecule has 1 aromatic rings. The predicted molar refractivity (Wildman–Crippen MR) is 77.6 cm³/mol. The lowest BCUT2D eigenvalue weighted by molar-refractivity contribution is 0.0818. The van der Waals surface area contributed by atoms with Crippen LogP contribution < -0.4 is 5.32 Å². The third kappa shape index (κ3) is 2.61. The number of aromatic nitrogens is 3. The molecule has 1 atom stereocenters. The molecule has 0 radical (unpaired) electrons. The summed E-state index contributed by atoms with van der Waals surface area (Å²) < 4.78 is 7.74. The van der Waals surface area contributed by atoms with Crippen LogP contribution in [0.25, 0.3) is 0 Å². The highest BCUT2D eigenvalue weighted by atomic mass is 16.5. The van der Waals surface area contributed by atoms with E-state index in [1.165, 1.54) is 25.0 Å². The fourth-order valence-electron chi connectivity index (χ4n) is 3.44. The summed E-state index contributed by atoms with van der Waals surface area (Å²) in [5, 5.41) is 12.2. The Hall–Kier alpha value is -0.940. The van der Waals surface area contributed by atoms with Gasteiger partial charge in [0.1, 0.15) is 0 Å². The van der Waals surface area contributed by atoms with Crippen molar-refractivity contribution in [3.63, 3.8) is 0 Å². The van der Waals surface area contributed by atoms with E-state index in [9.17, 15) is 0 Å². The van der Waals surface area contributed by atoms with E-state index in [4.69, 9.17) is 4.74 Å². The Morgan fingerprint density at radius 2 is 2.05 bits per heavy atom. The van der Waals surface area contributed by atoms with Crippen LogP contribution >= 0.6 is 0 Å². The van der Waals surface area contributed by atoms with E-state index in [0.717, 1.165) is 44.2 Å². The zero-order valence-electron chi connectivity index (χ0n) is 12.6. The van der Waals surface area contributed by atoms with Gasteiger partial charge in [-0.1, -0.05) is 11.6 Å². The Morgan fingerprint density at radius 3 is 2.65 bits per heavy atom. The summed E-state index contributed by atoms with van der Waals surface area (Å²) in [6, 6.07) is 0.486. The predicted octanol–water partition coefficient (Wildman–Crippen LogP) is 2.25. The molecule has 1 N–H and O–H groups in total. The fraction of sp³-hybridized carbons (Fsp3) is 0.867. The van der Waals surface area contributed by atoms with Gasteiger partial charge in [-0.2, -0.15) is 0 Å². The molecule has 1 aliphatic heterocycles. The normalized spacial score (nSPS) is 22.7. The maximum absolute atomic E-state index is 5.51. The first-order chi connectivity index (χ1) is 9.81. The second-order valence-electron chi connectivity index (χ2n) is 6.21. The SMILES string of the molecule is CNCc1nnn(C(C)C2CCC2)c1C1CCOCC1. The van der Waals surface area contributed by atoms with E-state index in [0.29, 0.717) is 12.0 Å². The van der Waals surface area contributed by atoms with E-state index in [2.05, 4.69) is 27.2 Å². The number of nitrogens with zero attached hydrogens (tertiary/aromatic N) is 3. The highest BCUT2D eigenvalue weighted by Gasteiger charge is 2.31. The van der Waals surface area contributed by atoms with Crippen molar-refractivity contribution in [1.29, 1.82) is 0 Å². The van der Waals surface area contributed by atoms with Crippen molar-refractivity contribution < 1.29 is 4.74 Å². The lowest BCUT2D eigenvalue weighted by Crippen LogP contribution is -2.27. The highest BCUT2D eigenvalue weighted by Crippen LogP contribution is 2.38. The van der Waals surface area contributed by atoms with E-state index in [1.54, 1.807) is 0 Å². The zero-order valence-corrected chi connectivity index (χ0v) is 12.6. The lowest BCUT2D eigenvalue weighted by Gasteiger charge is -2.33. The summed E-state index contributed by atoms with van der Waals surface area (Å²) in [5.74, 6) is 1.35.